The third kappa shape index (κ3) is 10.5. The number of nitrogens with one attached hydrogen (secondary N) is 4. The summed E-state index contributed by atoms with van der Waals surface area (Å²) in [5, 5.41) is 37.1. The Bertz CT molecular complexity index is 2490. The second-order valence-corrected chi connectivity index (χ2v) is 16.0. The number of nitrogens with zero attached hydrogens (tertiary/aromatic N) is 8. The molecule has 0 bridgehead atoms. The van der Waals surface area contributed by atoms with Gasteiger partial charge in [-0.25, -0.2) is 23.7 Å². The van der Waals surface area contributed by atoms with Crippen molar-refractivity contribution in [2.45, 2.75) is 89.3 Å². The molecule has 2 aromatic carbocycles. The molecule has 60 heavy (non-hydrogen) atoms. The van der Waals surface area contributed by atoms with Crippen LogP contribution in [-0.2, 0) is 22.2 Å². The molecule has 0 radical (unpaired) electrons. The zero-order valence-corrected chi connectivity index (χ0v) is 34.2. The van der Waals surface area contributed by atoms with Crippen molar-refractivity contribution in [3.8, 4) is 23.5 Å². The quantitative estimate of drug-likeness (QED) is 0.0761. The molecule has 5 heterocycles. The Morgan fingerprint density at radius 2 is 1.20 bits per heavy atom. The van der Waals surface area contributed by atoms with Gasteiger partial charge in [0.1, 0.15) is 0 Å². The predicted octanol–water partition coefficient (Wildman–Crippen LogP) is 8.36. The van der Waals surface area contributed by atoms with Crippen molar-refractivity contribution < 1.29 is 18.1 Å². The molecule has 306 valence electrons. The molecule has 18 heteroatoms. The van der Waals surface area contributed by atoms with E-state index >= 15 is 0 Å². The van der Waals surface area contributed by atoms with Crippen LogP contribution < -0.4 is 16.1 Å². The lowest BCUT2D eigenvalue weighted by molar-refractivity contribution is 0.00578. The first-order chi connectivity index (χ1) is 28.8. The van der Waals surface area contributed by atoms with Crippen molar-refractivity contribution in [1.82, 2.24) is 40.3 Å². The molecule has 14 nitrogen and oxygen atoms in total. The van der Waals surface area contributed by atoms with Gasteiger partial charge in [-0.1, -0.05) is 48.5 Å². The van der Waals surface area contributed by atoms with Crippen LogP contribution in [0.3, 0.4) is 0 Å². The summed E-state index contributed by atoms with van der Waals surface area (Å²) in [5.41, 5.74) is 5.17. The summed E-state index contributed by atoms with van der Waals surface area (Å²) in [6.07, 6.45) is 7.62. The van der Waals surface area contributed by atoms with Gasteiger partial charge in [-0.3, -0.25) is 10.2 Å². The number of hydrogen-bond acceptors (Lipinski definition) is 12. The summed E-state index contributed by atoms with van der Waals surface area (Å²) in [6.45, 7) is 8.15. The van der Waals surface area contributed by atoms with E-state index in [1.807, 2.05) is 88.4 Å². The normalized spacial score (nSPS) is 16.1. The van der Waals surface area contributed by atoms with E-state index in [-0.39, 0.29) is 35.2 Å². The maximum Gasteiger partial charge on any atom is 0.494 e. The van der Waals surface area contributed by atoms with Gasteiger partial charge < -0.3 is 19.9 Å². The average Bonchev–Trinajstić information content (AvgIpc) is 4.15. The molecule has 3 aliphatic rings. The second-order valence-electron chi connectivity index (χ2n) is 15.6. The standard InChI is InChI=1S/C18H15FN6.C14H18BNO2.C10H9ClFN5/c19-14-10-21-17(13-3-1-11(2-4-13)7-8-20)23-18(14)22-16-9-15(24-25-16)12-5-6-12;1-13(2)14(3,4)18-15(17-13)12-7-5-11(6-8-12)9-10-16;11-10-13-4-6(12)9(15-10)14-8-3-7(16-17-8)5-1-2-5/h1-4,9-10,12H,5-7H2,(H2,21,22,23,24,25);5-8H,9H2,1-4H3;3-5H,1-2H2,(H2,13,14,15,16,17). The summed E-state index contributed by atoms with van der Waals surface area (Å²) in [7, 11) is -0.328. The topological polar surface area (TPSA) is 199 Å². The SMILES string of the molecule is CC1(C)OB(c2ccc(CC#N)cc2)OC1(C)C.Fc1cnc(Cl)nc1Nc1cc(C2CC2)[nH]n1.N#CCc1ccc(-c2ncc(F)c(Nc3cc(C4CC4)[nH]n3)n2)cc1. The van der Waals surface area contributed by atoms with Crippen LogP contribution in [0.5, 0.6) is 0 Å². The van der Waals surface area contributed by atoms with Crippen molar-refractivity contribution in [3.63, 3.8) is 0 Å². The predicted molar refractivity (Wildman–Crippen MR) is 223 cm³/mol. The van der Waals surface area contributed by atoms with Gasteiger partial charge in [0.05, 0.1) is 48.6 Å². The third-order valence-corrected chi connectivity index (χ3v) is 10.6. The summed E-state index contributed by atoms with van der Waals surface area (Å²) in [6, 6.07) is 23.1. The smallest absolute Gasteiger partial charge is 0.399 e. The van der Waals surface area contributed by atoms with Gasteiger partial charge in [-0.15, -0.1) is 0 Å². The van der Waals surface area contributed by atoms with Crippen molar-refractivity contribution in [2.24, 2.45) is 0 Å². The van der Waals surface area contributed by atoms with Crippen LogP contribution in [-0.4, -0.2) is 58.7 Å². The van der Waals surface area contributed by atoms with E-state index in [4.69, 9.17) is 31.4 Å². The van der Waals surface area contributed by atoms with Gasteiger partial charge >= 0.3 is 7.12 Å². The highest BCUT2D eigenvalue weighted by Gasteiger charge is 2.51. The van der Waals surface area contributed by atoms with Crippen LogP contribution in [0.2, 0.25) is 5.28 Å². The third-order valence-electron chi connectivity index (χ3n) is 10.5. The van der Waals surface area contributed by atoms with E-state index in [0.717, 1.165) is 58.8 Å². The number of anilines is 4. The number of H-pyrrole nitrogens is 2. The maximum atomic E-state index is 14.1. The fraction of sp³-hybridized carbons (Fsp3) is 0.333. The molecule has 2 saturated carbocycles. The van der Waals surface area contributed by atoms with Crippen molar-refractivity contribution in [1.29, 1.82) is 10.5 Å². The Morgan fingerprint density at radius 3 is 1.68 bits per heavy atom. The first-order valence-corrected chi connectivity index (χ1v) is 19.8. The Hall–Kier alpha value is -6.27. The molecule has 2 aliphatic carbocycles. The second kappa shape index (κ2) is 17.9. The summed E-state index contributed by atoms with van der Waals surface area (Å²) in [5.74, 6) is 1.59. The molecule has 9 rings (SSSR count). The van der Waals surface area contributed by atoms with Gasteiger partial charge in [0.2, 0.25) is 5.28 Å². The van der Waals surface area contributed by atoms with Gasteiger partial charge in [-0.2, -0.15) is 25.7 Å². The largest absolute Gasteiger partial charge is 0.494 e. The van der Waals surface area contributed by atoms with E-state index in [1.165, 1.54) is 12.8 Å². The molecule has 0 atom stereocenters. The lowest BCUT2D eigenvalue weighted by atomic mass is 9.79. The molecule has 4 N–H and O–H groups in total. The van der Waals surface area contributed by atoms with Crippen LogP contribution >= 0.6 is 11.6 Å². The van der Waals surface area contributed by atoms with E-state index in [1.54, 1.807) is 0 Å². The van der Waals surface area contributed by atoms with Crippen LogP contribution in [0, 0.1) is 34.3 Å². The zero-order valence-electron chi connectivity index (χ0n) is 33.4. The van der Waals surface area contributed by atoms with Gasteiger partial charge in [0.25, 0.3) is 0 Å². The van der Waals surface area contributed by atoms with Crippen molar-refractivity contribution in [2.75, 3.05) is 10.6 Å². The number of hydrogen-bond donors (Lipinski definition) is 4. The lowest BCUT2D eigenvalue weighted by Gasteiger charge is -2.32. The van der Waals surface area contributed by atoms with Gasteiger partial charge in [0.15, 0.2) is 40.7 Å². The number of halogens is 3. The van der Waals surface area contributed by atoms with Gasteiger partial charge in [0, 0.05) is 40.9 Å². The minimum atomic E-state index is -0.564. The highest BCUT2D eigenvalue weighted by Crippen LogP contribution is 2.41. The molecule has 6 aromatic rings. The number of benzene rings is 2. The summed E-state index contributed by atoms with van der Waals surface area (Å²) < 4.78 is 39.3. The zero-order chi connectivity index (χ0) is 42.4. The molecule has 1 aliphatic heterocycles. The van der Waals surface area contributed by atoms with E-state index in [0.29, 0.717) is 42.1 Å². The highest BCUT2D eigenvalue weighted by molar-refractivity contribution is 6.62. The molecule has 4 aromatic heterocycles. The van der Waals surface area contributed by atoms with Crippen LogP contribution in [0.1, 0.15) is 87.7 Å². The molecular formula is C42H42BClF2N12O2. The van der Waals surface area contributed by atoms with Crippen molar-refractivity contribution in [3.05, 3.63) is 112 Å². The maximum absolute atomic E-state index is 14.1. The van der Waals surface area contributed by atoms with Crippen LogP contribution in [0.25, 0.3) is 11.4 Å². The molecule has 0 spiro atoms. The van der Waals surface area contributed by atoms with Gasteiger partial charge in [-0.05, 0) is 81.6 Å². The molecule has 0 amide bonds. The molecular weight excluding hydrogens is 789 g/mol. The number of aromatic nitrogens is 8. The molecule has 1 saturated heterocycles. The minimum Gasteiger partial charge on any atom is -0.399 e. The minimum absolute atomic E-state index is 0.00754. The van der Waals surface area contributed by atoms with Crippen LogP contribution in [0.15, 0.2) is 73.1 Å². The average molecular weight is 831 g/mol. The molecule has 0 unspecified atom stereocenters. The van der Waals surface area contributed by atoms with Crippen molar-refractivity contribution >= 4 is 47.5 Å². The highest BCUT2D eigenvalue weighted by atomic mass is 35.5. The number of nitriles is 2. The first kappa shape index (κ1) is 41.9. The fourth-order valence-electron chi connectivity index (χ4n) is 6.00. The summed E-state index contributed by atoms with van der Waals surface area (Å²) >= 11 is 5.59. The number of aromatic amines is 2. The lowest BCUT2D eigenvalue weighted by Crippen LogP contribution is -2.41. The molecule has 3 fully saturated rings. The Balaban J connectivity index is 0.000000140. The first-order valence-electron chi connectivity index (χ1n) is 19.4. The van der Waals surface area contributed by atoms with E-state index < -0.39 is 11.6 Å². The van der Waals surface area contributed by atoms with E-state index in [2.05, 4.69) is 63.1 Å². The Kier molecular flexibility index (Phi) is 12.5. The fourth-order valence-corrected chi connectivity index (χ4v) is 6.14. The monoisotopic (exact) mass is 830 g/mol. The Labute approximate surface area is 351 Å². The van der Waals surface area contributed by atoms with E-state index in [9.17, 15) is 8.78 Å². The number of rotatable bonds is 10. The summed E-state index contributed by atoms with van der Waals surface area (Å²) in [4.78, 5) is 15.6. The Morgan fingerprint density at radius 1 is 0.733 bits per heavy atom. The van der Waals surface area contributed by atoms with Crippen LogP contribution in [0.4, 0.5) is 32.1 Å².